The fourth-order valence-electron chi connectivity index (χ4n) is 6.38. The summed E-state index contributed by atoms with van der Waals surface area (Å²) in [5.41, 5.74) is 9.94. The molecule has 0 spiro atoms. The van der Waals surface area contributed by atoms with E-state index < -0.39 is 5.79 Å². The molecule has 6 aromatic carbocycles. The summed E-state index contributed by atoms with van der Waals surface area (Å²) < 4.78 is 25.1. The number of rotatable bonds is 2. The van der Waals surface area contributed by atoms with Gasteiger partial charge in [0.2, 0.25) is 5.79 Å². The Morgan fingerprint density at radius 2 is 0.884 bits per heavy atom. The Kier molecular flexibility index (Phi) is 4.92. The van der Waals surface area contributed by atoms with Crippen molar-refractivity contribution in [1.29, 1.82) is 0 Å². The second-order valence-electron chi connectivity index (χ2n) is 11.6. The van der Waals surface area contributed by atoms with E-state index in [9.17, 15) is 0 Å². The highest BCUT2D eigenvalue weighted by molar-refractivity contribution is 6.07. The molecule has 2 aromatic heterocycles. The molecular weight excluding hydrogens is 532 g/mol. The van der Waals surface area contributed by atoms with Crippen LogP contribution in [0.1, 0.15) is 13.8 Å². The number of hydrogen-bond donors (Lipinski definition) is 0. The van der Waals surface area contributed by atoms with Gasteiger partial charge in [-0.25, -0.2) is 0 Å². The number of benzene rings is 6. The van der Waals surface area contributed by atoms with Crippen LogP contribution in [-0.2, 0) is 0 Å². The van der Waals surface area contributed by atoms with Crippen LogP contribution in [0.15, 0.2) is 130 Å². The summed E-state index contributed by atoms with van der Waals surface area (Å²) in [4.78, 5) is 0. The molecule has 43 heavy (non-hydrogen) atoms. The van der Waals surface area contributed by atoms with E-state index in [-0.39, 0.29) is 0 Å². The number of furan rings is 2. The molecule has 0 bridgehead atoms. The molecule has 4 nitrogen and oxygen atoms in total. The van der Waals surface area contributed by atoms with Crippen LogP contribution in [0.3, 0.4) is 0 Å². The fraction of sp³-hybridized carbons (Fsp3) is 0.0769. The fourth-order valence-corrected chi connectivity index (χ4v) is 6.38. The van der Waals surface area contributed by atoms with Gasteiger partial charge in [-0.1, -0.05) is 60.7 Å². The molecule has 0 N–H and O–H groups in total. The van der Waals surface area contributed by atoms with Gasteiger partial charge in [-0.05, 0) is 82.9 Å². The van der Waals surface area contributed by atoms with Crippen molar-refractivity contribution in [3.8, 4) is 44.9 Å². The molecule has 0 atom stereocenters. The van der Waals surface area contributed by atoms with Gasteiger partial charge in [-0.3, -0.25) is 0 Å². The van der Waals surface area contributed by atoms with Gasteiger partial charge in [0.15, 0.2) is 0 Å². The zero-order chi connectivity index (χ0) is 28.7. The molecule has 1 aliphatic rings. The van der Waals surface area contributed by atoms with E-state index >= 15 is 0 Å². The van der Waals surface area contributed by atoms with Gasteiger partial charge in [0.05, 0.1) is 0 Å². The predicted octanol–water partition coefficient (Wildman–Crippen LogP) is 11.0. The molecule has 8 aromatic rings. The van der Waals surface area contributed by atoms with Crippen LogP contribution in [0.5, 0.6) is 11.5 Å². The second-order valence-corrected chi connectivity index (χ2v) is 11.6. The standard InChI is InChI=1S/C39H26O4/c1-39(2)42-37-18-14-24(23-12-16-35-30(19-23)27-7-3-5-9-33(27)40-35)21-32(37)29-15-11-26(22-38(29)43-39)25-13-17-36-31(20-25)28-8-4-6-10-34(28)41-36/h3-22H,1-2H3. The van der Waals surface area contributed by atoms with Gasteiger partial charge >= 0.3 is 0 Å². The van der Waals surface area contributed by atoms with Crippen molar-refractivity contribution in [3.05, 3.63) is 121 Å². The van der Waals surface area contributed by atoms with Crippen LogP contribution in [-0.4, -0.2) is 5.79 Å². The first-order valence-corrected chi connectivity index (χ1v) is 14.5. The second kappa shape index (κ2) is 8.76. The zero-order valence-corrected chi connectivity index (χ0v) is 23.7. The molecule has 0 radical (unpaired) electrons. The summed E-state index contributed by atoms with van der Waals surface area (Å²) in [6.45, 7) is 3.90. The lowest BCUT2D eigenvalue weighted by Gasteiger charge is -2.25. The van der Waals surface area contributed by atoms with Gasteiger partial charge in [-0.15, -0.1) is 0 Å². The maximum Gasteiger partial charge on any atom is 0.245 e. The highest BCUT2D eigenvalue weighted by Gasteiger charge is 2.30. The lowest BCUT2D eigenvalue weighted by atomic mass is 9.94. The van der Waals surface area contributed by atoms with Crippen molar-refractivity contribution in [2.45, 2.75) is 19.6 Å². The average Bonchev–Trinajstić information content (AvgIpc) is 3.55. The van der Waals surface area contributed by atoms with E-state index in [1.165, 1.54) is 0 Å². The van der Waals surface area contributed by atoms with Gasteiger partial charge in [-0.2, -0.15) is 0 Å². The van der Waals surface area contributed by atoms with Crippen LogP contribution < -0.4 is 9.47 Å². The summed E-state index contributed by atoms with van der Waals surface area (Å²) >= 11 is 0. The molecular formula is C39H26O4. The Morgan fingerprint density at radius 3 is 1.53 bits per heavy atom. The van der Waals surface area contributed by atoms with E-state index in [4.69, 9.17) is 18.3 Å². The summed E-state index contributed by atoms with van der Waals surface area (Å²) in [6.07, 6.45) is 0. The van der Waals surface area contributed by atoms with Crippen molar-refractivity contribution in [2.24, 2.45) is 0 Å². The van der Waals surface area contributed by atoms with E-state index in [0.717, 1.165) is 88.8 Å². The smallest absolute Gasteiger partial charge is 0.245 e. The highest BCUT2D eigenvalue weighted by atomic mass is 16.7. The molecule has 0 saturated carbocycles. The molecule has 0 saturated heterocycles. The van der Waals surface area contributed by atoms with E-state index in [0.29, 0.717) is 0 Å². The first kappa shape index (κ1) is 24.2. The molecule has 0 fully saturated rings. The van der Waals surface area contributed by atoms with Crippen LogP contribution in [0.25, 0.3) is 77.3 Å². The van der Waals surface area contributed by atoms with Gasteiger partial charge in [0.25, 0.3) is 0 Å². The van der Waals surface area contributed by atoms with Crippen molar-refractivity contribution in [2.75, 3.05) is 0 Å². The SMILES string of the molecule is CC1(C)Oc2cc(-c3ccc4oc5ccccc5c4c3)ccc2-c2cc(-c3ccc4oc5ccccc5c4c3)ccc2O1. The highest BCUT2D eigenvalue weighted by Crippen LogP contribution is 2.46. The zero-order valence-electron chi connectivity index (χ0n) is 23.7. The van der Waals surface area contributed by atoms with Gasteiger partial charge in [0, 0.05) is 46.5 Å². The number of hydrogen-bond acceptors (Lipinski definition) is 4. The Labute approximate surface area is 247 Å². The molecule has 3 heterocycles. The Balaban J connectivity index is 1.17. The van der Waals surface area contributed by atoms with Crippen LogP contribution >= 0.6 is 0 Å². The van der Waals surface area contributed by atoms with Crippen LogP contribution in [0, 0.1) is 0 Å². The van der Waals surface area contributed by atoms with E-state index in [2.05, 4.69) is 78.9 Å². The maximum atomic E-state index is 6.52. The normalized spacial score (nSPS) is 13.9. The predicted molar refractivity (Wildman–Crippen MR) is 173 cm³/mol. The molecule has 1 aliphatic heterocycles. The van der Waals surface area contributed by atoms with Crippen molar-refractivity contribution >= 4 is 43.9 Å². The Morgan fingerprint density at radius 1 is 0.395 bits per heavy atom. The molecule has 9 rings (SSSR count). The van der Waals surface area contributed by atoms with Crippen molar-refractivity contribution in [3.63, 3.8) is 0 Å². The summed E-state index contributed by atoms with van der Waals surface area (Å²) in [5, 5.41) is 4.44. The Hall–Kier alpha value is -5.48. The van der Waals surface area contributed by atoms with Gasteiger partial charge < -0.3 is 18.3 Å². The molecule has 0 unspecified atom stereocenters. The van der Waals surface area contributed by atoms with E-state index in [1.54, 1.807) is 0 Å². The van der Waals surface area contributed by atoms with Gasteiger partial charge in [0.1, 0.15) is 33.8 Å². The summed E-state index contributed by atoms with van der Waals surface area (Å²) in [7, 11) is 0. The lowest BCUT2D eigenvalue weighted by molar-refractivity contribution is -0.0778. The van der Waals surface area contributed by atoms with E-state index in [1.807, 2.05) is 56.3 Å². The third kappa shape index (κ3) is 3.84. The Bertz CT molecular complexity index is 2390. The van der Waals surface area contributed by atoms with Crippen molar-refractivity contribution < 1.29 is 18.3 Å². The summed E-state index contributed by atoms with van der Waals surface area (Å²) in [6, 6.07) is 41.8. The topological polar surface area (TPSA) is 44.7 Å². The van der Waals surface area contributed by atoms with Crippen LogP contribution in [0.2, 0.25) is 0 Å². The third-order valence-electron chi connectivity index (χ3n) is 8.38. The minimum atomic E-state index is -0.848. The third-order valence-corrected chi connectivity index (χ3v) is 8.38. The minimum absolute atomic E-state index is 0.784. The number of ether oxygens (including phenoxy) is 2. The first-order chi connectivity index (χ1) is 21.0. The maximum absolute atomic E-state index is 6.52. The molecule has 206 valence electrons. The lowest BCUT2D eigenvalue weighted by Crippen LogP contribution is -2.34. The average molecular weight is 559 g/mol. The minimum Gasteiger partial charge on any atom is -0.456 e. The first-order valence-electron chi connectivity index (χ1n) is 14.5. The number of para-hydroxylation sites is 2. The molecule has 0 aliphatic carbocycles. The largest absolute Gasteiger partial charge is 0.456 e. The number of fused-ring (bicyclic) bond motifs is 9. The van der Waals surface area contributed by atoms with Crippen molar-refractivity contribution in [1.82, 2.24) is 0 Å². The molecule has 0 amide bonds. The monoisotopic (exact) mass is 558 g/mol. The molecule has 4 heteroatoms. The van der Waals surface area contributed by atoms with Crippen LogP contribution in [0.4, 0.5) is 0 Å². The quantitative estimate of drug-likeness (QED) is 0.212. The summed E-state index contributed by atoms with van der Waals surface area (Å²) in [5.74, 6) is 0.729.